The van der Waals surface area contributed by atoms with E-state index in [1.165, 1.54) is 36.8 Å². The van der Waals surface area contributed by atoms with Gasteiger partial charge < -0.3 is 5.32 Å². The van der Waals surface area contributed by atoms with E-state index in [2.05, 4.69) is 66.3 Å². The third-order valence-corrected chi connectivity index (χ3v) is 3.95. The highest BCUT2D eigenvalue weighted by Gasteiger charge is 2.12. The molecule has 0 atom stereocenters. The first-order valence-corrected chi connectivity index (χ1v) is 8.52. The molecular formula is C17H28BrN. The number of hydrogen-bond acceptors (Lipinski definition) is 1. The lowest BCUT2D eigenvalue weighted by molar-refractivity contribution is 0.587. The van der Waals surface area contributed by atoms with Gasteiger partial charge in [-0.15, -0.1) is 0 Å². The summed E-state index contributed by atoms with van der Waals surface area (Å²) in [7, 11) is 0. The monoisotopic (exact) mass is 325 g/mol. The quantitative estimate of drug-likeness (QED) is 0.522. The summed E-state index contributed by atoms with van der Waals surface area (Å²) in [5.74, 6) is 0. The molecule has 1 N–H and O–H groups in total. The van der Waals surface area contributed by atoms with Gasteiger partial charge in [0.25, 0.3) is 0 Å². The van der Waals surface area contributed by atoms with Crippen molar-refractivity contribution in [1.82, 2.24) is 5.32 Å². The number of nitrogens with one attached hydrogen (secondary N) is 1. The third-order valence-electron chi connectivity index (χ3n) is 3.39. The van der Waals surface area contributed by atoms with Crippen LogP contribution in [0, 0.1) is 0 Å². The maximum absolute atomic E-state index is 3.53. The predicted octanol–water partition coefficient (Wildman–Crippen LogP) is 5.03. The predicted molar refractivity (Wildman–Crippen MR) is 89.1 cm³/mol. The van der Waals surface area contributed by atoms with E-state index in [-0.39, 0.29) is 5.41 Å². The Morgan fingerprint density at radius 1 is 0.947 bits per heavy atom. The Morgan fingerprint density at radius 2 is 1.58 bits per heavy atom. The molecule has 1 rings (SSSR count). The molecule has 1 aromatic carbocycles. The van der Waals surface area contributed by atoms with Crippen molar-refractivity contribution >= 4 is 15.9 Å². The SMILES string of the molecule is CC(C)(C)c1ccc(CNCCCCCCBr)cc1. The molecule has 0 amide bonds. The van der Waals surface area contributed by atoms with E-state index in [1.807, 2.05) is 0 Å². The van der Waals surface area contributed by atoms with Crippen LogP contribution in [-0.4, -0.2) is 11.9 Å². The lowest BCUT2D eigenvalue weighted by atomic mass is 9.87. The van der Waals surface area contributed by atoms with Crippen molar-refractivity contribution in [3.63, 3.8) is 0 Å². The summed E-state index contributed by atoms with van der Waals surface area (Å²) < 4.78 is 0. The highest BCUT2D eigenvalue weighted by Crippen LogP contribution is 2.22. The van der Waals surface area contributed by atoms with Crippen molar-refractivity contribution in [2.24, 2.45) is 0 Å². The van der Waals surface area contributed by atoms with Crippen molar-refractivity contribution in [2.75, 3.05) is 11.9 Å². The van der Waals surface area contributed by atoms with Crippen LogP contribution >= 0.6 is 15.9 Å². The smallest absolute Gasteiger partial charge is 0.0205 e. The van der Waals surface area contributed by atoms with Gasteiger partial charge in [0.1, 0.15) is 0 Å². The van der Waals surface area contributed by atoms with E-state index < -0.39 is 0 Å². The maximum atomic E-state index is 3.53. The Morgan fingerprint density at radius 3 is 2.16 bits per heavy atom. The van der Waals surface area contributed by atoms with Crippen LogP contribution in [0.2, 0.25) is 0 Å². The number of hydrogen-bond donors (Lipinski definition) is 1. The Hall–Kier alpha value is -0.340. The molecule has 0 unspecified atom stereocenters. The summed E-state index contributed by atoms with van der Waals surface area (Å²) in [6.07, 6.45) is 5.26. The first-order chi connectivity index (χ1) is 9.04. The second-order valence-electron chi connectivity index (χ2n) is 6.23. The van der Waals surface area contributed by atoms with Crippen molar-refractivity contribution in [3.05, 3.63) is 35.4 Å². The van der Waals surface area contributed by atoms with Crippen molar-refractivity contribution in [1.29, 1.82) is 0 Å². The van der Waals surface area contributed by atoms with Gasteiger partial charge in [0.2, 0.25) is 0 Å². The van der Waals surface area contributed by atoms with Crippen LogP contribution in [0.25, 0.3) is 0 Å². The molecule has 0 heterocycles. The zero-order chi connectivity index (χ0) is 14.1. The van der Waals surface area contributed by atoms with Gasteiger partial charge in [-0.2, -0.15) is 0 Å². The molecule has 0 aliphatic carbocycles. The fourth-order valence-corrected chi connectivity index (χ4v) is 2.45. The zero-order valence-electron chi connectivity index (χ0n) is 12.6. The van der Waals surface area contributed by atoms with Crippen molar-refractivity contribution in [3.8, 4) is 0 Å². The molecule has 19 heavy (non-hydrogen) atoms. The molecule has 108 valence electrons. The molecule has 0 saturated carbocycles. The van der Waals surface area contributed by atoms with E-state index in [1.54, 1.807) is 0 Å². The van der Waals surface area contributed by atoms with E-state index in [4.69, 9.17) is 0 Å². The fourth-order valence-electron chi connectivity index (χ4n) is 2.05. The Bertz CT molecular complexity index is 337. The molecule has 2 heteroatoms. The summed E-state index contributed by atoms with van der Waals surface area (Å²) >= 11 is 3.47. The third kappa shape index (κ3) is 7.12. The van der Waals surface area contributed by atoms with Crippen LogP contribution in [0.3, 0.4) is 0 Å². The molecule has 1 aromatic rings. The molecular weight excluding hydrogens is 298 g/mol. The van der Waals surface area contributed by atoms with Crippen LogP contribution in [0.4, 0.5) is 0 Å². The number of benzene rings is 1. The molecule has 0 radical (unpaired) electrons. The summed E-state index contributed by atoms with van der Waals surface area (Å²) in [6, 6.07) is 9.01. The first-order valence-electron chi connectivity index (χ1n) is 7.40. The van der Waals surface area contributed by atoms with Crippen LogP contribution in [0.5, 0.6) is 0 Å². The number of halogens is 1. The highest BCUT2D eigenvalue weighted by atomic mass is 79.9. The van der Waals surface area contributed by atoms with Crippen LogP contribution < -0.4 is 5.32 Å². The van der Waals surface area contributed by atoms with Crippen molar-refractivity contribution < 1.29 is 0 Å². The van der Waals surface area contributed by atoms with Gasteiger partial charge in [-0.3, -0.25) is 0 Å². The molecule has 1 nitrogen and oxygen atoms in total. The molecule has 0 fully saturated rings. The minimum atomic E-state index is 0.251. The minimum Gasteiger partial charge on any atom is -0.313 e. The van der Waals surface area contributed by atoms with E-state index in [0.717, 1.165) is 18.4 Å². The second kappa shape index (κ2) is 8.76. The summed E-state index contributed by atoms with van der Waals surface area (Å²) in [6.45, 7) is 8.89. The maximum Gasteiger partial charge on any atom is 0.0205 e. The molecule has 0 aliphatic rings. The first kappa shape index (κ1) is 16.7. The lowest BCUT2D eigenvalue weighted by Gasteiger charge is -2.19. The Balaban J connectivity index is 2.20. The molecule has 0 aliphatic heterocycles. The molecule has 0 aromatic heterocycles. The lowest BCUT2D eigenvalue weighted by Crippen LogP contribution is -2.15. The molecule has 0 saturated heterocycles. The second-order valence-corrected chi connectivity index (χ2v) is 7.02. The standard InChI is InChI=1S/C17H28BrN/c1-17(2,3)16-10-8-15(9-11-16)14-19-13-7-5-4-6-12-18/h8-11,19H,4-7,12-14H2,1-3H3. The van der Waals surface area contributed by atoms with Crippen LogP contribution in [0.1, 0.15) is 57.6 Å². The Kier molecular flexibility index (Phi) is 7.70. The normalized spacial score (nSPS) is 11.8. The number of unbranched alkanes of at least 4 members (excludes halogenated alkanes) is 3. The van der Waals surface area contributed by atoms with Gasteiger partial charge in [-0.25, -0.2) is 0 Å². The summed E-state index contributed by atoms with van der Waals surface area (Å²) in [4.78, 5) is 0. The minimum absolute atomic E-state index is 0.251. The number of alkyl halides is 1. The number of rotatable bonds is 8. The van der Waals surface area contributed by atoms with Crippen molar-refractivity contribution in [2.45, 2.75) is 58.4 Å². The van der Waals surface area contributed by atoms with E-state index >= 15 is 0 Å². The molecule has 0 bridgehead atoms. The van der Waals surface area contributed by atoms with Gasteiger partial charge in [-0.05, 0) is 35.9 Å². The van der Waals surface area contributed by atoms with Crippen LogP contribution in [0.15, 0.2) is 24.3 Å². The summed E-state index contributed by atoms with van der Waals surface area (Å²) in [5.41, 5.74) is 3.04. The highest BCUT2D eigenvalue weighted by molar-refractivity contribution is 9.09. The van der Waals surface area contributed by atoms with Gasteiger partial charge in [-0.1, -0.05) is 73.8 Å². The largest absolute Gasteiger partial charge is 0.313 e. The van der Waals surface area contributed by atoms with Gasteiger partial charge in [0.05, 0.1) is 0 Å². The van der Waals surface area contributed by atoms with Crippen LogP contribution in [-0.2, 0) is 12.0 Å². The van der Waals surface area contributed by atoms with Gasteiger partial charge in [0.15, 0.2) is 0 Å². The fraction of sp³-hybridized carbons (Fsp3) is 0.647. The zero-order valence-corrected chi connectivity index (χ0v) is 14.2. The van der Waals surface area contributed by atoms with E-state index in [0.29, 0.717) is 0 Å². The van der Waals surface area contributed by atoms with E-state index in [9.17, 15) is 0 Å². The average molecular weight is 326 g/mol. The Labute approximate surface area is 127 Å². The van der Waals surface area contributed by atoms with Gasteiger partial charge >= 0.3 is 0 Å². The topological polar surface area (TPSA) is 12.0 Å². The van der Waals surface area contributed by atoms with Gasteiger partial charge in [0, 0.05) is 11.9 Å². The molecule has 0 spiro atoms. The average Bonchev–Trinajstić information content (AvgIpc) is 2.37. The summed E-state index contributed by atoms with van der Waals surface area (Å²) in [5, 5.41) is 4.66.